The van der Waals surface area contributed by atoms with Crippen LogP contribution in [0.1, 0.15) is 45.4 Å². The fraction of sp³-hybridized carbons (Fsp3) is 0.812. The molecule has 0 aliphatic heterocycles. The van der Waals surface area contributed by atoms with Crippen LogP contribution in [-0.2, 0) is 13.0 Å². The summed E-state index contributed by atoms with van der Waals surface area (Å²) in [6.45, 7) is 7.18. The molecule has 2 rings (SSSR count). The molecule has 1 aliphatic rings. The lowest BCUT2D eigenvalue weighted by molar-refractivity contribution is 0.256. The van der Waals surface area contributed by atoms with E-state index in [9.17, 15) is 0 Å². The van der Waals surface area contributed by atoms with Gasteiger partial charge in [-0.1, -0.05) is 33.1 Å². The van der Waals surface area contributed by atoms with E-state index in [0.29, 0.717) is 0 Å². The number of nitrogens with zero attached hydrogens (tertiary/aromatic N) is 4. The number of guanidine groups is 1. The molecule has 1 aromatic rings. The minimum Gasteiger partial charge on any atom is -0.356 e. The first-order valence-electron chi connectivity index (χ1n) is 8.55. The summed E-state index contributed by atoms with van der Waals surface area (Å²) in [6, 6.07) is 0. The van der Waals surface area contributed by atoms with E-state index in [1.165, 1.54) is 25.7 Å². The van der Waals surface area contributed by atoms with Gasteiger partial charge in [0.05, 0.1) is 0 Å². The highest BCUT2D eigenvalue weighted by atomic mass is 15.3. The SMILES string of the molecule is CCc1nncn1CCNC(=NC)NCC1CCCCC1C. The monoisotopic (exact) mass is 306 g/mol. The standard InChI is InChI=1S/C16H30N6/c1-4-15-21-20-12-22(15)10-9-18-16(17-3)19-11-14-8-6-5-7-13(14)2/h12-14H,4-11H2,1-3H3,(H2,17,18,19). The first-order chi connectivity index (χ1) is 10.7. The summed E-state index contributed by atoms with van der Waals surface area (Å²) < 4.78 is 2.09. The van der Waals surface area contributed by atoms with Gasteiger partial charge in [-0.15, -0.1) is 10.2 Å². The minimum atomic E-state index is 0.775. The fourth-order valence-electron chi connectivity index (χ4n) is 3.18. The predicted molar refractivity (Wildman–Crippen MR) is 89.9 cm³/mol. The lowest BCUT2D eigenvalue weighted by atomic mass is 9.80. The summed E-state index contributed by atoms with van der Waals surface area (Å²) in [5.74, 6) is 3.52. The van der Waals surface area contributed by atoms with E-state index in [2.05, 4.69) is 44.2 Å². The molecule has 0 amide bonds. The van der Waals surface area contributed by atoms with E-state index in [0.717, 1.165) is 49.7 Å². The zero-order valence-corrected chi connectivity index (χ0v) is 14.2. The van der Waals surface area contributed by atoms with Crippen molar-refractivity contribution >= 4 is 5.96 Å². The largest absolute Gasteiger partial charge is 0.356 e. The number of nitrogens with one attached hydrogen (secondary N) is 2. The number of aryl methyl sites for hydroxylation is 1. The predicted octanol–water partition coefficient (Wildman–Crippen LogP) is 1.83. The minimum absolute atomic E-state index is 0.775. The first kappa shape index (κ1) is 16.8. The van der Waals surface area contributed by atoms with Crippen LogP contribution < -0.4 is 10.6 Å². The van der Waals surface area contributed by atoms with Crippen molar-refractivity contribution in [3.8, 4) is 0 Å². The van der Waals surface area contributed by atoms with Crippen LogP contribution in [0, 0.1) is 11.8 Å². The summed E-state index contributed by atoms with van der Waals surface area (Å²) in [7, 11) is 1.83. The smallest absolute Gasteiger partial charge is 0.191 e. The quantitative estimate of drug-likeness (QED) is 0.621. The topological polar surface area (TPSA) is 67.1 Å². The summed E-state index contributed by atoms with van der Waals surface area (Å²) in [5, 5.41) is 14.9. The van der Waals surface area contributed by atoms with Gasteiger partial charge in [0.1, 0.15) is 12.2 Å². The molecule has 124 valence electrons. The average Bonchev–Trinajstić information content (AvgIpc) is 2.99. The molecule has 1 fully saturated rings. The van der Waals surface area contributed by atoms with Gasteiger partial charge in [-0.2, -0.15) is 0 Å². The highest BCUT2D eigenvalue weighted by Gasteiger charge is 2.21. The Morgan fingerprint density at radius 1 is 1.36 bits per heavy atom. The van der Waals surface area contributed by atoms with Crippen LogP contribution in [0.25, 0.3) is 0 Å². The molecule has 0 radical (unpaired) electrons. The summed E-state index contributed by atoms with van der Waals surface area (Å²) in [5.41, 5.74) is 0. The van der Waals surface area contributed by atoms with Gasteiger partial charge in [0.2, 0.25) is 0 Å². The van der Waals surface area contributed by atoms with E-state index in [-0.39, 0.29) is 0 Å². The molecule has 2 atom stereocenters. The number of rotatable bonds is 6. The second kappa shape index (κ2) is 8.76. The van der Waals surface area contributed by atoms with Crippen LogP contribution >= 0.6 is 0 Å². The van der Waals surface area contributed by atoms with Crippen molar-refractivity contribution in [3.05, 3.63) is 12.2 Å². The third-order valence-corrected chi connectivity index (χ3v) is 4.70. The average molecular weight is 306 g/mol. The van der Waals surface area contributed by atoms with E-state index in [1.807, 2.05) is 7.05 Å². The highest BCUT2D eigenvalue weighted by Crippen LogP contribution is 2.28. The maximum Gasteiger partial charge on any atom is 0.191 e. The number of hydrogen-bond donors (Lipinski definition) is 2. The molecule has 0 aromatic carbocycles. The Kier molecular flexibility index (Phi) is 6.68. The third kappa shape index (κ3) is 4.71. The molecule has 22 heavy (non-hydrogen) atoms. The molecule has 0 spiro atoms. The zero-order valence-electron chi connectivity index (χ0n) is 14.2. The zero-order chi connectivity index (χ0) is 15.8. The van der Waals surface area contributed by atoms with Gasteiger partial charge in [0.25, 0.3) is 0 Å². The van der Waals surface area contributed by atoms with Gasteiger partial charge in [-0.05, 0) is 18.3 Å². The van der Waals surface area contributed by atoms with Crippen LogP contribution in [0.3, 0.4) is 0 Å². The molecule has 0 saturated heterocycles. The highest BCUT2D eigenvalue weighted by molar-refractivity contribution is 5.79. The second-order valence-corrected chi connectivity index (χ2v) is 6.20. The van der Waals surface area contributed by atoms with E-state index < -0.39 is 0 Å². The van der Waals surface area contributed by atoms with Gasteiger partial charge < -0.3 is 15.2 Å². The number of aromatic nitrogens is 3. The van der Waals surface area contributed by atoms with Crippen molar-refractivity contribution in [1.29, 1.82) is 0 Å². The normalized spacial score (nSPS) is 22.6. The number of hydrogen-bond acceptors (Lipinski definition) is 3. The van der Waals surface area contributed by atoms with Crippen molar-refractivity contribution in [3.63, 3.8) is 0 Å². The Bertz CT molecular complexity index is 467. The van der Waals surface area contributed by atoms with Crippen LogP contribution in [-0.4, -0.2) is 40.9 Å². The Balaban J connectivity index is 1.71. The molecule has 1 aromatic heterocycles. The molecule has 1 saturated carbocycles. The maximum absolute atomic E-state index is 4.31. The lowest BCUT2D eigenvalue weighted by Gasteiger charge is -2.29. The van der Waals surface area contributed by atoms with E-state index >= 15 is 0 Å². The van der Waals surface area contributed by atoms with Crippen molar-refractivity contribution < 1.29 is 0 Å². The Morgan fingerprint density at radius 3 is 2.91 bits per heavy atom. The third-order valence-electron chi connectivity index (χ3n) is 4.70. The van der Waals surface area contributed by atoms with Crippen LogP contribution in [0.4, 0.5) is 0 Å². The maximum atomic E-state index is 4.31. The van der Waals surface area contributed by atoms with Crippen LogP contribution in [0.15, 0.2) is 11.3 Å². The molecule has 2 N–H and O–H groups in total. The van der Waals surface area contributed by atoms with Gasteiger partial charge in [0, 0.05) is 33.1 Å². The molecular weight excluding hydrogens is 276 g/mol. The van der Waals surface area contributed by atoms with Crippen LogP contribution in [0.2, 0.25) is 0 Å². The van der Waals surface area contributed by atoms with Crippen molar-refractivity contribution in [2.75, 3.05) is 20.1 Å². The van der Waals surface area contributed by atoms with E-state index in [4.69, 9.17) is 0 Å². The van der Waals surface area contributed by atoms with Gasteiger partial charge in [0.15, 0.2) is 5.96 Å². The summed E-state index contributed by atoms with van der Waals surface area (Å²) in [4.78, 5) is 4.31. The lowest BCUT2D eigenvalue weighted by Crippen LogP contribution is -2.42. The fourth-order valence-corrected chi connectivity index (χ4v) is 3.18. The van der Waals surface area contributed by atoms with Crippen molar-refractivity contribution in [2.45, 2.75) is 52.5 Å². The Morgan fingerprint density at radius 2 is 2.18 bits per heavy atom. The molecule has 1 aliphatic carbocycles. The van der Waals surface area contributed by atoms with Gasteiger partial charge in [-0.3, -0.25) is 4.99 Å². The molecular formula is C16H30N6. The number of aliphatic imine (C=N–C) groups is 1. The van der Waals surface area contributed by atoms with E-state index in [1.54, 1.807) is 6.33 Å². The van der Waals surface area contributed by atoms with Gasteiger partial charge >= 0.3 is 0 Å². The molecule has 1 heterocycles. The van der Waals surface area contributed by atoms with Crippen molar-refractivity contribution in [2.24, 2.45) is 16.8 Å². The first-order valence-corrected chi connectivity index (χ1v) is 8.55. The summed E-state index contributed by atoms with van der Waals surface area (Å²) in [6.07, 6.45) is 8.17. The Hall–Kier alpha value is -1.59. The molecule has 2 unspecified atom stereocenters. The molecule has 6 nitrogen and oxygen atoms in total. The van der Waals surface area contributed by atoms with Gasteiger partial charge in [-0.25, -0.2) is 0 Å². The molecule has 0 bridgehead atoms. The second-order valence-electron chi connectivity index (χ2n) is 6.20. The summed E-state index contributed by atoms with van der Waals surface area (Å²) >= 11 is 0. The van der Waals surface area contributed by atoms with Crippen molar-refractivity contribution in [1.82, 2.24) is 25.4 Å². The Labute approximate surface area is 133 Å². The van der Waals surface area contributed by atoms with Crippen LogP contribution in [0.5, 0.6) is 0 Å². The molecule has 6 heteroatoms.